The molecule has 1 aliphatic heterocycles. The number of likely N-dealkylation sites (N-methyl/N-ethyl adjacent to an activating group) is 1. The Bertz CT molecular complexity index is 176. The molecule has 0 radical (unpaired) electrons. The summed E-state index contributed by atoms with van der Waals surface area (Å²) < 4.78 is 0. The van der Waals surface area contributed by atoms with E-state index in [4.69, 9.17) is 0 Å². The molecule has 0 aromatic heterocycles. The van der Waals surface area contributed by atoms with Crippen molar-refractivity contribution in [2.24, 2.45) is 0 Å². The van der Waals surface area contributed by atoms with Crippen LogP contribution in [0.3, 0.4) is 0 Å². The zero-order valence-corrected chi connectivity index (χ0v) is 8.71. The van der Waals surface area contributed by atoms with E-state index in [2.05, 4.69) is 5.32 Å². The lowest BCUT2D eigenvalue weighted by Gasteiger charge is -2.29. The van der Waals surface area contributed by atoms with Gasteiger partial charge in [-0.3, -0.25) is 0 Å². The third kappa shape index (κ3) is 2.34. The van der Waals surface area contributed by atoms with Gasteiger partial charge < -0.3 is 15.1 Å². The highest BCUT2D eigenvalue weighted by Crippen LogP contribution is 2.09. The van der Waals surface area contributed by atoms with Gasteiger partial charge in [0, 0.05) is 33.2 Å². The summed E-state index contributed by atoms with van der Waals surface area (Å²) in [6, 6.07) is 0.510. The van der Waals surface area contributed by atoms with Crippen molar-refractivity contribution < 1.29 is 4.79 Å². The van der Waals surface area contributed by atoms with E-state index in [9.17, 15) is 4.79 Å². The fraction of sp³-hybridized carbons (Fsp3) is 0.889. The molecule has 1 N–H and O–H groups in total. The number of hydrogen-bond donors (Lipinski definition) is 1. The molecule has 0 aliphatic carbocycles. The molecule has 0 bridgehead atoms. The Morgan fingerprint density at radius 3 is 2.62 bits per heavy atom. The normalized spacial score (nSPS) is 21.6. The summed E-state index contributed by atoms with van der Waals surface area (Å²) in [4.78, 5) is 15.3. The molecule has 4 nitrogen and oxygen atoms in total. The van der Waals surface area contributed by atoms with Crippen LogP contribution in [0.15, 0.2) is 0 Å². The van der Waals surface area contributed by atoms with E-state index in [1.54, 1.807) is 19.0 Å². The van der Waals surface area contributed by atoms with Crippen LogP contribution in [0.5, 0.6) is 0 Å². The molecule has 1 aliphatic rings. The van der Waals surface area contributed by atoms with E-state index in [-0.39, 0.29) is 6.03 Å². The molecule has 1 fully saturated rings. The number of urea groups is 1. The average Bonchev–Trinajstić information content (AvgIpc) is 2.58. The van der Waals surface area contributed by atoms with Gasteiger partial charge in [0.05, 0.1) is 0 Å². The van der Waals surface area contributed by atoms with Gasteiger partial charge in [-0.25, -0.2) is 4.79 Å². The minimum Gasteiger partial charge on any atom is -0.331 e. The summed E-state index contributed by atoms with van der Waals surface area (Å²) in [6.07, 6.45) is 1.08. The summed E-state index contributed by atoms with van der Waals surface area (Å²) >= 11 is 0. The number of carbonyl (C=O) groups excluding carboxylic acids is 1. The van der Waals surface area contributed by atoms with E-state index in [1.807, 2.05) is 11.8 Å². The Morgan fingerprint density at radius 2 is 2.23 bits per heavy atom. The average molecular weight is 185 g/mol. The largest absolute Gasteiger partial charge is 0.331 e. The lowest BCUT2D eigenvalue weighted by Crippen LogP contribution is -2.46. The van der Waals surface area contributed by atoms with Crippen molar-refractivity contribution in [3.8, 4) is 0 Å². The predicted molar refractivity (Wildman–Crippen MR) is 52.7 cm³/mol. The van der Waals surface area contributed by atoms with Crippen LogP contribution in [0.4, 0.5) is 4.79 Å². The van der Waals surface area contributed by atoms with Crippen LogP contribution in [0, 0.1) is 0 Å². The molecule has 76 valence electrons. The fourth-order valence-electron chi connectivity index (χ4n) is 1.71. The van der Waals surface area contributed by atoms with E-state index in [0.717, 1.165) is 26.1 Å². The molecule has 13 heavy (non-hydrogen) atoms. The second-order valence-electron chi connectivity index (χ2n) is 3.61. The standard InChI is InChI=1S/C9H19N3O/c1-4-12(9(13)11(2)3)8-5-6-10-7-8/h8,10H,4-7H2,1-3H3. The fourth-order valence-corrected chi connectivity index (χ4v) is 1.71. The molecule has 1 saturated heterocycles. The zero-order valence-electron chi connectivity index (χ0n) is 8.71. The third-order valence-electron chi connectivity index (χ3n) is 2.44. The van der Waals surface area contributed by atoms with Crippen LogP contribution in [-0.4, -0.2) is 55.6 Å². The summed E-state index contributed by atoms with van der Waals surface area (Å²) in [5, 5.41) is 3.27. The quantitative estimate of drug-likeness (QED) is 0.674. The Labute approximate surface area is 79.9 Å². The van der Waals surface area contributed by atoms with Crippen molar-refractivity contribution in [2.75, 3.05) is 33.7 Å². The van der Waals surface area contributed by atoms with Crippen molar-refractivity contribution in [3.63, 3.8) is 0 Å². The maximum atomic E-state index is 11.7. The molecule has 1 rings (SSSR count). The molecule has 0 aromatic carbocycles. The molecular weight excluding hydrogens is 166 g/mol. The SMILES string of the molecule is CCN(C(=O)N(C)C)C1CCNC1. The first kappa shape index (κ1) is 10.3. The van der Waals surface area contributed by atoms with Gasteiger partial charge in [-0.1, -0.05) is 0 Å². The van der Waals surface area contributed by atoms with Gasteiger partial charge in [0.25, 0.3) is 0 Å². The number of carbonyl (C=O) groups is 1. The summed E-state index contributed by atoms with van der Waals surface area (Å²) in [7, 11) is 3.60. The minimum atomic E-state index is 0.121. The smallest absolute Gasteiger partial charge is 0.319 e. The Kier molecular flexibility index (Phi) is 3.54. The van der Waals surface area contributed by atoms with Gasteiger partial charge >= 0.3 is 6.03 Å². The van der Waals surface area contributed by atoms with Gasteiger partial charge in [0.2, 0.25) is 0 Å². The highest BCUT2D eigenvalue weighted by atomic mass is 16.2. The molecule has 2 amide bonds. The van der Waals surface area contributed by atoms with Crippen LogP contribution in [0.2, 0.25) is 0 Å². The molecular formula is C9H19N3O. The first-order valence-electron chi connectivity index (χ1n) is 4.85. The van der Waals surface area contributed by atoms with E-state index < -0.39 is 0 Å². The van der Waals surface area contributed by atoms with Crippen molar-refractivity contribution in [1.29, 1.82) is 0 Å². The van der Waals surface area contributed by atoms with Crippen molar-refractivity contribution in [2.45, 2.75) is 19.4 Å². The first-order chi connectivity index (χ1) is 6.16. The van der Waals surface area contributed by atoms with Crippen LogP contribution in [0.1, 0.15) is 13.3 Å². The molecule has 0 aromatic rings. The molecule has 4 heteroatoms. The van der Waals surface area contributed by atoms with Gasteiger partial charge in [-0.2, -0.15) is 0 Å². The summed E-state index contributed by atoms with van der Waals surface area (Å²) in [5.74, 6) is 0. The molecule has 0 saturated carbocycles. The number of hydrogen-bond acceptors (Lipinski definition) is 2. The van der Waals surface area contributed by atoms with Crippen molar-refractivity contribution >= 4 is 6.03 Å². The number of nitrogens with one attached hydrogen (secondary N) is 1. The summed E-state index contributed by atoms with van der Waals surface area (Å²) in [5.41, 5.74) is 0. The van der Waals surface area contributed by atoms with E-state index in [0.29, 0.717) is 6.04 Å². The Balaban J connectivity index is 2.55. The Morgan fingerprint density at radius 1 is 1.54 bits per heavy atom. The monoisotopic (exact) mass is 185 g/mol. The van der Waals surface area contributed by atoms with E-state index >= 15 is 0 Å². The second-order valence-corrected chi connectivity index (χ2v) is 3.61. The third-order valence-corrected chi connectivity index (χ3v) is 2.44. The summed E-state index contributed by atoms with van der Waals surface area (Å²) in [6.45, 7) is 4.79. The first-order valence-corrected chi connectivity index (χ1v) is 4.85. The lowest BCUT2D eigenvalue weighted by molar-refractivity contribution is 0.156. The molecule has 1 unspecified atom stereocenters. The van der Waals surface area contributed by atoms with Crippen LogP contribution >= 0.6 is 0 Å². The van der Waals surface area contributed by atoms with Gasteiger partial charge in [0.15, 0.2) is 0 Å². The van der Waals surface area contributed by atoms with Crippen molar-refractivity contribution in [3.05, 3.63) is 0 Å². The Hall–Kier alpha value is -0.770. The number of amides is 2. The zero-order chi connectivity index (χ0) is 9.84. The molecule has 0 spiro atoms. The van der Waals surface area contributed by atoms with Gasteiger partial charge in [-0.05, 0) is 19.9 Å². The highest BCUT2D eigenvalue weighted by Gasteiger charge is 2.25. The van der Waals surface area contributed by atoms with Crippen molar-refractivity contribution in [1.82, 2.24) is 15.1 Å². The van der Waals surface area contributed by atoms with Crippen LogP contribution in [-0.2, 0) is 0 Å². The van der Waals surface area contributed by atoms with Gasteiger partial charge in [0.1, 0.15) is 0 Å². The van der Waals surface area contributed by atoms with E-state index in [1.165, 1.54) is 0 Å². The minimum absolute atomic E-state index is 0.121. The highest BCUT2D eigenvalue weighted by molar-refractivity contribution is 5.74. The number of rotatable bonds is 2. The van der Waals surface area contributed by atoms with Crippen LogP contribution in [0.25, 0.3) is 0 Å². The van der Waals surface area contributed by atoms with Gasteiger partial charge in [-0.15, -0.1) is 0 Å². The molecule has 1 heterocycles. The maximum Gasteiger partial charge on any atom is 0.319 e. The topological polar surface area (TPSA) is 35.6 Å². The predicted octanol–water partition coefficient (Wildman–Crippen LogP) is 0.352. The molecule has 1 atom stereocenters. The maximum absolute atomic E-state index is 11.7. The lowest BCUT2D eigenvalue weighted by atomic mass is 10.2. The second kappa shape index (κ2) is 4.46. The number of nitrogens with zero attached hydrogens (tertiary/aromatic N) is 2. The van der Waals surface area contributed by atoms with Crippen LogP contribution < -0.4 is 5.32 Å².